The number of hydrazone groups is 1. The minimum Gasteiger partial charge on any atom is -0.482 e. The van der Waals surface area contributed by atoms with Crippen LogP contribution in [0, 0.1) is 17.0 Å². The van der Waals surface area contributed by atoms with Crippen LogP contribution in [0.2, 0.25) is 0 Å². The van der Waals surface area contributed by atoms with Gasteiger partial charge in [0.25, 0.3) is 11.6 Å². The van der Waals surface area contributed by atoms with Crippen LogP contribution in [0.4, 0.5) is 17.1 Å². The van der Waals surface area contributed by atoms with Crippen LogP contribution in [0.5, 0.6) is 5.75 Å². The van der Waals surface area contributed by atoms with Gasteiger partial charge >= 0.3 is 0 Å². The monoisotopic (exact) mass is 518 g/mol. The SMILES string of the molecule is CC(=NN1C(=Nc2cccnc2)SCC1(O)c1ccc2c(c1)NC(=O)CO2)c1ccc(C)c([N+](=O)[O-])c1. The summed E-state index contributed by atoms with van der Waals surface area (Å²) in [4.78, 5) is 31.6. The molecule has 3 aromatic rings. The third-order valence-corrected chi connectivity index (χ3v) is 7.02. The Kier molecular flexibility index (Phi) is 6.36. The fraction of sp³-hybridized carbons (Fsp3) is 0.200. The summed E-state index contributed by atoms with van der Waals surface area (Å²) in [5.41, 5.74) is 1.33. The van der Waals surface area contributed by atoms with Crippen molar-refractivity contribution in [3.63, 3.8) is 0 Å². The van der Waals surface area contributed by atoms with E-state index in [1.54, 1.807) is 68.7 Å². The van der Waals surface area contributed by atoms with Crippen LogP contribution in [-0.2, 0) is 10.5 Å². The molecule has 1 fully saturated rings. The fourth-order valence-corrected chi connectivity index (χ4v) is 5.06. The second-order valence-electron chi connectivity index (χ2n) is 8.51. The molecule has 3 heterocycles. The van der Waals surface area contributed by atoms with E-state index in [2.05, 4.69) is 15.3 Å². The number of benzene rings is 2. The average molecular weight is 519 g/mol. The van der Waals surface area contributed by atoms with Crippen LogP contribution >= 0.6 is 11.8 Å². The molecular formula is C25H22N6O5S. The number of fused-ring (bicyclic) bond motifs is 1. The number of nitrogens with zero attached hydrogens (tertiary/aromatic N) is 5. The topological polar surface area (TPSA) is 143 Å². The van der Waals surface area contributed by atoms with Crippen molar-refractivity contribution in [3.8, 4) is 5.75 Å². The van der Waals surface area contributed by atoms with E-state index in [1.165, 1.54) is 22.8 Å². The number of nitro benzene ring substituents is 1. The fourth-order valence-electron chi connectivity index (χ4n) is 3.96. The summed E-state index contributed by atoms with van der Waals surface area (Å²) < 4.78 is 5.45. The highest BCUT2D eigenvalue weighted by molar-refractivity contribution is 8.14. The summed E-state index contributed by atoms with van der Waals surface area (Å²) in [6.45, 7) is 3.30. The van der Waals surface area contributed by atoms with Crippen molar-refractivity contribution in [1.82, 2.24) is 9.99 Å². The summed E-state index contributed by atoms with van der Waals surface area (Å²) in [6.07, 6.45) is 3.23. The minimum absolute atomic E-state index is 0.0206. The second-order valence-corrected chi connectivity index (χ2v) is 9.46. The maximum Gasteiger partial charge on any atom is 0.272 e. The van der Waals surface area contributed by atoms with Gasteiger partial charge < -0.3 is 15.2 Å². The quantitative estimate of drug-likeness (QED) is 0.294. The highest BCUT2D eigenvalue weighted by Crippen LogP contribution is 2.43. The first-order valence-corrected chi connectivity index (χ1v) is 12.2. The van der Waals surface area contributed by atoms with Crippen LogP contribution in [0.1, 0.15) is 23.6 Å². The number of ether oxygens (including phenoxy) is 1. The summed E-state index contributed by atoms with van der Waals surface area (Å²) in [6, 6.07) is 13.4. The number of thioether (sulfide) groups is 1. The van der Waals surface area contributed by atoms with E-state index in [4.69, 9.17) is 9.84 Å². The van der Waals surface area contributed by atoms with Crippen molar-refractivity contribution in [3.05, 3.63) is 87.7 Å². The Hall–Kier alpha value is -4.29. The van der Waals surface area contributed by atoms with E-state index >= 15 is 0 Å². The third-order valence-electron chi connectivity index (χ3n) is 5.95. The predicted molar refractivity (Wildman–Crippen MR) is 140 cm³/mol. The molecule has 37 heavy (non-hydrogen) atoms. The van der Waals surface area contributed by atoms with Crippen LogP contribution < -0.4 is 10.1 Å². The summed E-state index contributed by atoms with van der Waals surface area (Å²) in [5, 5.41) is 32.7. The number of rotatable bonds is 5. The molecule has 2 aliphatic rings. The van der Waals surface area contributed by atoms with E-state index in [0.717, 1.165) is 0 Å². The van der Waals surface area contributed by atoms with E-state index in [0.29, 0.717) is 44.7 Å². The Morgan fingerprint density at radius 3 is 2.89 bits per heavy atom. The van der Waals surface area contributed by atoms with Gasteiger partial charge in [-0.2, -0.15) is 5.10 Å². The molecule has 2 aliphatic heterocycles. The molecule has 0 aliphatic carbocycles. The lowest BCUT2D eigenvalue weighted by molar-refractivity contribution is -0.385. The minimum atomic E-state index is -1.64. The number of aliphatic hydroxyl groups is 1. The number of hydrogen-bond acceptors (Lipinski definition) is 9. The number of carbonyl (C=O) groups excluding carboxylic acids is 1. The van der Waals surface area contributed by atoms with Gasteiger partial charge in [0.1, 0.15) is 5.75 Å². The van der Waals surface area contributed by atoms with Gasteiger partial charge in [0.05, 0.1) is 34.0 Å². The summed E-state index contributed by atoms with van der Waals surface area (Å²) in [5.74, 6) is 0.396. The molecule has 0 radical (unpaired) electrons. The Morgan fingerprint density at radius 1 is 1.30 bits per heavy atom. The molecule has 5 rings (SSSR count). The molecule has 1 aromatic heterocycles. The number of hydrogen-bond donors (Lipinski definition) is 2. The number of amides is 1. The zero-order valence-electron chi connectivity index (χ0n) is 19.9. The largest absolute Gasteiger partial charge is 0.482 e. The molecule has 2 N–H and O–H groups in total. The zero-order valence-corrected chi connectivity index (χ0v) is 20.7. The smallest absolute Gasteiger partial charge is 0.272 e. The van der Waals surface area contributed by atoms with Crippen molar-refractivity contribution >= 4 is 45.6 Å². The number of aliphatic imine (C=N–C) groups is 1. The number of aromatic nitrogens is 1. The van der Waals surface area contributed by atoms with Crippen LogP contribution in [-0.4, -0.2) is 49.2 Å². The lowest BCUT2D eigenvalue weighted by Crippen LogP contribution is -2.42. The Labute approximate surface area is 216 Å². The van der Waals surface area contributed by atoms with Gasteiger partial charge in [-0.1, -0.05) is 30.0 Å². The summed E-state index contributed by atoms with van der Waals surface area (Å²) in [7, 11) is 0. The van der Waals surface area contributed by atoms with Gasteiger partial charge in [-0.25, -0.2) is 10.0 Å². The molecule has 12 heteroatoms. The number of carbonyl (C=O) groups is 1. The molecule has 1 atom stereocenters. The predicted octanol–water partition coefficient (Wildman–Crippen LogP) is 3.93. The first kappa shape index (κ1) is 24.4. The number of nitro groups is 1. The highest BCUT2D eigenvalue weighted by atomic mass is 32.2. The van der Waals surface area contributed by atoms with Crippen molar-refractivity contribution in [2.75, 3.05) is 17.7 Å². The number of pyridine rings is 1. The summed E-state index contributed by atoms with van der Waals surface area (Å²) >= 11 is 1.30. The number of amidine groups is 1. The van der Waals surface area contributed by atoms with Crippen molar-refractivity contribution in [1.29, 1.82) is 0 Å². The number of anilines is 1. The van der Waals surface area contributed by atoms with Crippen molar-refractivity contribution < 1.29 is 19.6 Å². The van der Waals surface area contributed by atoms with E-state index in [1.807, 2.05) is 0 Å². The van der Waals surface area contributed by atoms with Crippen LogP contribution in [0.3, 0.4) is 0 Å². The van der Waals surface area contributed by atoms with E-state index in [-0.39, 0.29) is 24.0 Å². The molecular weight excluding hydrogens is 496 g/mol. The molecule has 188 valence electrons. The Balaban J connectivity index is 1.60. The van der Waals surface area contributed by atoms with Gasteiger partial charge in [0.2, 0.25) is 0 Å². The molecule has 1 amide bonds. The zero-order chi connectivity index (χ0) is 26.2. The number of nitrogens with one attached hydrogen (secondary N) is 1. The first-order valence-electron chi connectivity index (χ1n) is 11.3. The van der Waals surface area contributed by atoms with E-state index in [9.17, 15) is 20.0 Å². The van der Waals surface area contributed by atoms with Gasteiger partial charge in [-0.15, -0.1) is 0 Å². The molecule has 1 saturated heterocycles. The van der Waals surface area contributed by atoms with E-state index < -0.39 is 10.6 Å². The molecule has 2 aromatic carbocycles. The second kappa shape index (κ2) is 9.64. The lowest BCUT2D eigenvalue weighted by Gasteiger charge is -2.32. The van der Waals surface area contributed by atoms with Gasteiger partial charge in [0.15, 0.2) is 17.5 Å². The van der Waals surface area contributed by atoms with Gasteiger partial charge in [-0.3, -0.25) is 19.9 Å². The maximum atomic E-state index is 12.0. The average Bonchev–Trinajstić information content (AvgIpc) is 3.20. The van der Waals surface area contributed by atoms with Gasteiger partial charge in [0, 0.05) is 29.0 Å². The van der Waals surface area contributed by atoms with Crippen LogP contribution in [0.25, 0.3) is 0 Å². The molecule has 0 bridgehead atoms. The lowest BCUT2D eigenvalue weighted by atomic mass is 10.0. The van der Waals surface area contributed by atoms with Crippen molar-refractivity contribution in [2.24, 2.45) is 10.1 Å². The molecule has 1 unspecified atom stereocenters. The first-order chi connectivity index (χ1) is 17.7. The van der Waals surface area contributed by atoms with Crippen molar-refractivity contribution in [2.45, 2.75) is 19.6 Å². The van der Waals surface area contributed by atoms with Gasteiger partial charge in [-0.05, 0) is 38.1 Å². The highest BCUT2D eigenvalue weighted by Gasteiger charge is 2.46. The normalized spacial score (nSPS) is 20.4. The molecule has 0 spiro atoms. The Morgan fingerprint density at radius 2 is 2.14 bits per heavy atom. The molecule has 11 nitrogen and oxygen atoms in total. The molecule has 0 saturated carbocycles. The third kappa shape index (κ3) is 4.76. The maximum absolute atomic E-state index is 12.0. The standard InChI is InChI=1S/C25H22N6O5S/c1-15-5-6-17(10-21(15)31(34)35)16(2)29-30-24(27-19-4-3-9-26-12-19)37-14-25(30,33)18-7-8-22-20(11-18)28-23(32)13-36-22/h3-12,33H,13-14H2,1-2H3,(H,28,32). The van der Waals surface area contributed by atoms with Crippen LogP contribution in [0.15, 0.2) is 71.0 Å². The number of aryl methyl sites for hydroxylation is 1. The Bertz CT molecular complexity index is 1460.